The summed E-state index contributed by atoms with van der Waals surface area (Å²) >= 11 is 0. The number of nitrogens with one attached hydrogen (secondary N) is 1. The monoisotopic (exact) mass is 391 g/mol. The van der Waals surface area contributed by atoms with Gasteiger partial charge in [0.05, 0.1) is 13.7 Å². The molecule has 0 amide bonds. The van der Waals surface area contributed by atoms with Crippen LogP contribution in [0.3, 0.4) is 0 Å². The fourth-order valence-corrected chi connectivity index (χ4v) is 4.24. The smallest absolute Gasteiger partial charge is 0.305 e. The van der Waals surface area contributed by atoms with Crippen molar-refractivity contribution in [1.29, 1.82) is 0 Å². The molecular formula is C25H29NO3. The summed E-state index contributed by atoms with van der Waals surface area (Å²) in [5, 5.41) is 1.23. The van der Waals surface area contributed by atoms with E-state index < -0.39 is 0 Å². The van der Waals surface area contributed by atoms with E-state index in [0.717, 1.165) is 34.6 Å². The highest BCUT2D eigenvalue weighted by Crippen LogP contribution is 2.35. The zero-order valence-electron chi connectivity index (χ0n) is 17.3. The molecule has 0 aliphatic heterocycles. The Bertz CT molecular complexity index is 998. The van der Waals surface area contributed by atoms with Gasteiger partial charge in [0.1, 0.15) is 5.75 Å². The van der Waals surface area contributed by atoms with E-state index in [-0.39, 0.29) is 5.97 Å². The Kier molecular flexibility index (Phi) is 5.89. The van der Waals surface area contributed by atoms with E-state index in [4.69, 9.17) is 9.47 Å². The number of methoxy groups -OCH3 is 1. The molecule has 0 radical (unpaired) electrons. The first-order valence-electron chi connectivity index (χ1n) is 10.5. The average molecular weight is 392 g/mol. The Morgan fingerprint density at radius 1 is 1.14 bits per heavy atom. The van der Waals surface area contributed by atoms with E-state index in [9.17, 15) is 4.79 Å². The number of rotatable bonds is 7. The van der Waals surface area contributed by atoms with E-state index in [1.807, 2.05) is 6.20 Å². The maximum atomic E-state index is 11.6. The van der Waals surface area contributed by atoms with Crippen molar-refractivity contribution in [1.82, 2.24) is 4.98 Å². The first kappa shape index (κ1) is 19.6. The summed E-state index contributed by atoms with van der Waals surface area (Å²) in [5.74, 6) is 1.40. The van der Waals surface area contributed by atoms with E-state index in [0.29, 0.717) is 18.8 Å². The van der Waals surface area contributed by atoms with Gasteiger partial charge in [-0.05, 0) is 73.1 Å². The Morgan fingerprint density at radius 3 is 2.76 bits per heavy atom. The fraction of sp³-hybridized carbons (Fsp3) is 0.400. The van der Waals surface area contributed by atoms with Crippen LogP contribution in [0.2, 0.25) is 0 Å². The van der Waals surface area contributed by atoms with Gasteiger partial charge in [0, 0.05) is 29.1 Å². The Balaban J connectivity index is 1.65. The van der Waals surface area contributed by atoms with Crippen molar-refractivity contribution < 1.29 is 14.3 Å². The molecule has 1 saturated carbocycles. The molecule has 4 rings (SSSR count). The minimum Gasteiger partial charge on any atom is -0.493 e. The molecule has 29 heavy (non-hydrogen) atoms. The number of carbonyl (C=O) groups excluding carboxylic acids is 1. The molecule has 1 aliphatic rings. The Labute approximate surface area is 172 Å². The van der Waals surface area contributed by atoms with Crippen molar-refractivity contribution in [2.45, 2.75) is 45.4 Å². The maximum Gasteiger partial charge on any atom is 0.305 e. The number of hydrogen-bond donors (Lipinski definition) is 1. The number of benzene rings is 2. The van der Waals surface area contributed by atoms with Crippen LogP contribution in [0.15, 0.2) is 42.6 Å². The zero-order valence-corrected chi connectivity index (χ0v) is 17.3. The molecule has 0 unspecified atom stereocenters. The predicted octanol–water partition coefficient (Wildman–Crippen LogP) is 5.82. The van der Waals surface area contributed by atoms with Crippen molar-refractivity contribution >= 4 is 16.9 Å². The molecule has 3 aromatic rings. The third kappa shape index (κ3) is 4.47. The molecule has 152 valence electrons. The molecule has 1 fully saturated rings. The number of aryl methyl sites for hydroxylation is 2. The van der Waals surface area contributed by atoms with Crippen LogP contribution in [-0.2, 0) is 16.0 Å². The topological polar surface area (TPSA) is 51.3 Å². The van der Waals surface area contributed by atoms with Crippen molar-refractivity contribution in [2.24, 2.45) is 5.92 Å². The van der Waals surface area contributed by atoms with Crippen molar-refractivity contribution in [3.05, 3.63) is 53.7 Å². The second-order valence-corrected chi connectivity index (χ2v) is 8.10. The van der Waals surface area contributed by atoms with E-state index in [2.05, 4.69) is 48.3 Å². The number of ether oxygens (including phenoxy) is 2. The predicted molar refractivity (Wildman–Crippen MR) is 116 cm³/mol. The lowest BCUT2D eigenvalue weighted by Crippen LogP contribution is -2.09. The highest BCUT2D eigenvalue weighted by atomic mass is 16.5. The summed E-state index contributed by atoms with van der Waals surface area (Å²) < 4.78 is 11.1. The molecular weight excluding hydrogens is 362 g/mol. The molecule has 4 heteroatoms. The SMILES string of the molecule is COC(=O)CCc1ccc(OCC2CCCC2)c(-c2ccc3[nH]cc(C)c3c2)c1. The van der Waals surface area contributed by atoms with Gasteiger partial charge in [-0.1, -0.05) is 25.0 Å². The van der Waals surface area contributed by atoms with Gasteiger partial charge in [0.25, 0.3) is 0 Å². The summed E-state index contributed by atoms with van der Waals surface area (Å²) in [6.45, 7) is 2.90. The van der Waals surface area contributed by atoms with Gasteiger partial charge >= 0.3 is 5.97 Å². The summed E-state index contributed by atoms with van der Waals surface area (Å²) in [6, 6.07) is 12.8. The lowest BCUT2D eigenvalue weighted by atomic mass is 9.98. The minimum atomic E-state index is -0.183. The van der Waals surface area contributed by atoms with Gasteiger partial charge in [-0.3, -0.25) is 4.79 Å². The van der Waals surface area contributed by atoms with Crippen LogP contribution in [-0.4, -0.2) is 24.7 Å². The lowest BCUT2D eigenvalue weighted by molar-refractivity contribution is -0.140. The molecule has 0 atom stereocenters. The van der Waals surface area contributed by atoms with E-state index in [1.54, 1.807) is 0 Å². The van der Waals surface area contributed by atoms with Gasteiger partial charge in [0.15, 0.2) is 0 Å². The number of aromatic amines is 1. The highest BCUT2D eigenvalue weighted by molar-refractivity contribution is 5.89. The van der Waals surface area contributed by atoms with Gasteiger partial charge in [-0.15, -0.1) is 0 Å². The molecule has 0 saturated heterocycles. The van der Waals surface area contributed by atoms with E-state index >= 15 is 0 Å². The highest BCUT2D eigenvalue weighted by Gasteiger charge is 2.17. The van der Waals surface area contributed by atoms with Crippen molar-refractivity contribution in [2.75, 3.05) is 13.7 Å². The van der Waals surface area contributed by atoms with Crippen LogP contribution < -0.4 is 4.74 Å². The van der Waals surface area contributed by atoms with Gasteiger partial charge in [0.2, 0.25) is 0 Å². The molecule has 2 aromatic carbocycles. The third-order valence-electron chi connectivity index (χ3n) is 6.04. The van der Waals surface area contributed by atoms with Crippen LogP contribution in [0.4, 0.5) is 0 Å². The average Bonchev–Trinajstić information content (AvgIpc) is 3.40. The fourth-order valence-electron chi connectivity index (χ4n) is 4.24. The molecule has 0 bridgehead atoms. The maximum absolute atomic E-state index is 11.6. The van der Waals surface area contributed by atoms with Crippen LogP contribution in [0, 0.1) is 12.8 Å². The minimum absolute atomic E-state index is 0.183. The van der Waals surface area contributed by atoms with Crippen LogP contribution in [0.25, 0.3) is 22.0 Å². The van der Waals surface area contributed by atoms with Gasteiger partial charge in [-0.25, -0.2) is 0 Å². The summed E-state index contributed by atoms with van der Waals surface area (Å²) in [5.41, 5.74) is 5.72. The third-order valence-corrected chi connectivity index (χ3v) is 6.04. The normalized spacial score (nSPS) is 14.4. The summed E-state index contributed by atoms with van der Waals surface area (Å²) in [4.78, 5) is 14.9. The number of fused-ring (bicyclic) bond motifs is 1. The number of carbonyl (C=O) groups is 1. The summed E-state index contributed by atoms with van der Waals surface area (Å²) in [6.07, 6.45) is 8.25. The molecule has 4 nitrogen and oxygen atoms in total. The Hall–Kier alpha value is -2.75. The molecule has 1 N–H and O–H groups in total. The number of aromatic nitrogens is 1. The molecule has 1 aromatic heterocycles. The second-order valence-electron chi connectivity index (χ2n) is 8.10. The van der Waals surface area contributed by atoms with Crippen LogP contribution >= 0.6 is 0 Å². The van der Waals surface area contributed by atoms with Crippen LogP contribution in [0.5, 0.6) is 5.75 Å². The van der Waals surface area contributed by atoms with Crippen molar-refractivity contribution in [3.8, 4) is 16.9 Å². The first-order valence-corrected chi connectivity index (χ1v) is 10.5. The lowest BCUT2D eigenvalue weighted by Gasteiger charge is -2.16. The standard InChI is InChI=1S/C25H29NO3/c1-17-15-26-23-10-9-20(14-21(17)23)22-13-18(8-12-25(27)28-2)7-11-24(22)29-16-19-5-3-4-6-19/h7,9-11,13-15,19,26H,3-6,8,12,16H2,1-2H3. The molecule has 1 heterocycles. The summed E-state index contributed by atoms with van der Waals surface area (Å²) in [7, 11) is 1.43. The molecule has 0 spiro atoms. The van der Waals surface area contributed by atoms with Gasteiger partial charge < -0.3 is 14.5 Å². The van der Waals surface area contributed by atoms with Gasteiger partial charge in [-0.2, -0.15) is 0 Å². The first-order chi connectivity index (χ1) is 14.1. The second kappa shape index (κ2) is 8.73. The van der Waals surface area contributed by atoms with Crippen molar-refractivity contribution in [3.63, 3.8) is 0 Å². The number of hydrogen-bond acceptors (Lipinski definition) is 3. The van der Waals surface area contributed by atoms with Crippen LogP contribution in [0.1, 0.15) is 43.2 Å². The van der Waals surface area contributed by atoms with E-state index in [1.165, 1.54) is 43.7 Å². The number of esters is 1. The number of H-pyrrole nitrogens is 1. The zero-order chi connectivity index (χ0) is 20.2. The largest absolute Gasteiger partial charge is 0.493 e. The Morgan fingerprint density at radius 2 is 1.97 bits per heavy atom. The molecule has 1 aliphatic carbocycles. The quantitative estimate of drug-likeness (QED) is 0.517.